The maximum atomic E-state index is 12.3. The minimum atomic E-state index is 0.0654. The molecule has 4 nitrogen and oxygen atoms in total. The van der Waals surface area contributed by atoms with Crippen molar-refractivity contribution in [3.63, 3.8) is 0 Å². The van der Waals surface area contributed by atoms with Crippen molar-refractivity contribution >= 4 is 5.91 Å². The number of carbonyl (C=O) groups is 1. The maximum Gasteiger partial charge on any atom is 0.237 e. The van der Waals surface area contributed by atoms with E-state index in [1.165, 1.54) is 19.3 Å². The molecule has 0 aromatic rings. The molecule has 102 valence electrons. The zero-order chi connectivity index (χ0) is 12.5. The van der Waals surface area contributed by atoms with E-state index < -0.39 is 0 Å². The second kappa shape index (κ2) is 5.17. The van der Waals surface area contributed by atoms with Gasteiger partial charge in [0.2, 0.25) is 5.91 Å². The lowest BCUT2D eigenvalue weighted by atomic mass is 9.93. The predicted molar refractivity (Wildman–Crippen MR) is 69.2 cm³/mol. The summed E-state index contributed by atoms with van der Waals surface area (Å²) in [5.74, 6) is 1.56. The summed E-state index contributed by atoms with van der Waals surface area (Å²) >= 11 is 0. The summed E-state index contributed by atoms with van der Waals surface area (Å²) in [6, 6.07) is 0.374. The van der Waals surface area contributed by atoms with Gasteiger partial charge >= 0.3 is 0 Å². The Labute approximate surface area is 109 Å². The number of amides is 1. The number of rotatable bonds is 2. The highest BCUT2D eigenvalue weighted by Gasteiger charge is 2.42. The van der Waals surface area contributed by atoms with E-state index in [9.17, 15) is 4.79 Å². The fourth-order valence-corrected chi connectivity index (χ4v) is 3.89. The molecule has 0 bridgehead atoms. The van der Waals surface area contributed by atoms with Crippen LogP contribution in [-0.4, -0.2) is 37.2 Å². The van der Waals surface area contributed by atoms with Crippen LogP contribution in [0.4, 0.5) is 0 Å². The highest BCUT2D eigenvalue weighted by molar-refractivity contribution is 5.82. The topological polar surface area (TPSA) is 50.4 Å². The molecule has 0 aromatic heterocycles. The minimum Gasteiger partial charge on any atom is -0.378 e. The zero-order valence-electron chi connectivity index (χ0n) is 11.2. The Morgan fingerprint density at radius 1 is 1.33 bits per heavy atom. The molecular formula is C14H24N2O2. The lowest BCUT2D eigenvalue weighted by Gasteiger charge is -2.29. The van der Waals surface area contributed by atoms with E-state index >= 15 is 0 Å². The van der Waals surface area contributed by atoms with Gasteiger partial charge in [-0.2, -0.15) is 0 Å². The number of hydrogen-bond donors (Lipinski definition) is 2. The van der Waals surface area contributed by atoms with Gasteiger partial charge in [0, 0.05) is 12.6 Å². The summed E-state index contributed by atoms with van der Waals surface area (Å²) in [6.07, 6.45) is 6.01. The van der Waals surface area contributed by atoms with Crippen molar-refractivity contribution in [1.82, 2.24) is 10.6 Å². The molecule has 2 aliphatic heterocycles. The smallest absolute Gasteiger partial charge is 0.237 e. The summed E-state index contributed by atoms with van der Waals surface area (Å²) in [5.41, 5.74) is 0. The average molecular weight is 252 g/mol. The molecule has 4 heteroatoms. The molecule has 0 radical (unpaired) electrons. The van der Waals surface area contributed by atoms with E-state index in [4.69, 9.17) is 4.74 Å². The fraction of sp³-hybridized carbons (Fsp3) is 0.929. The number of nitrogens with one attached hydrogen (secondary N) is 2. The predicted octanol–water partition coefficient (Wildman–Crippen LogP) is 1.06. The molecular weight excluding hydrogens is 228 g/mol. The Hall–Kier alpha value is -0.610. The van der Waals surface area contributed by atoms with E-state index in [-0.39, 0.29) is 18.1 Å². The largest absolute Gasteiger partial charge is 0.378 e. The zero-order valence-corrected chi connectivity index (χ0v) is 11.2. The van der Waals surface area contributed by atoms with Crippen molar-refractivity contribution in [2.24, 2.45) is 11.8 Å². The molecule has 5 unspecified atom stereocenters. The Bertz CT molecular complexity index is 321. The lowest BCUT2D eigenvalue weighted by molar-refractivity contribution is -0.125. The number of hydrogen-bond acceptors (Lipinski definition) is 3. The van der Waals surface area contributed by atoms with Gasteiger partial charge in [-0.25, -0.2) is 0 Å². The molecule has 0 aromatic carbocycles. The second-order valence-corrected chi connectivity index (χ2v) is 6.15. The highest BCUT2D eigenvalue weighted by Crippen LogP contribution is 2.37. The van der Waals surface area contributed by atoms with Gasteiger partial charge in [-0.05, 0) is 51.0 Å². The maximum absolute atomic E-state index is 12.3. The molecule has 0 spiro atoms. The van der Waals surface area contributed by atoms with E-state index in [0.29, 0.717) is 12.0 Å². The summed E-state index contributed by atoms with van der Waals surface area (Å²) in [5, 5.41) is 6.64. The summed E-state index contributed by atoms with van der Waals surface area (Å²) in [4.78, 5) is 12.3. The van der Waals surface area contributed by atoms with Crippen LogP contribution >= 0.6 is 0 Å². The second-order valence-electron chi connectivity index (χ2n) is 6.15. The molecule has 1 aliphatic carbocycles. The van der Waals surface area contributed by atoms with Gasteiger partial charge < -0.3 is 15.4 Å². The van der Waals surface area contributed by atoms with E-state index in [2.05, 4.69) is 17.6 Å². The minimum absolute atomic E-state index is 0.0654. The van der Waals surface area contributed by atoms with E-state index in [0.717, 1.165) is 31.9 Å². The molecule has 3 rings (SSSR count). The van der Waals surface area contributed by atoms with Crippen molar-refractivity contribution in [1.29, 1.82) is 0 Å². The molecule has 2 heterocycles. The number of carbonyl (C=O) groups excluding carboxylic acids is 1. The van der Waals surface area contributed by atoms with Crippen molar-refractivity contribution in [2.45, 2.75) is 57.2 Å². The molecule has 1 saturated carbocycles. The van der Waals surface area contributed by atoms with Crippen LogP contribution in [0.25, 0.3) is 0 Å². The van der Waals surface area contributed by atoms with Crippen LogP contribution in [0.1, 0.15) is 39.0 Å². The molecule has 3 aliphatic rings. The molecule has 1 amide bonds. The Morgan fingerprint density at radius 2 is 2.22 bits per heavy atom. The Kier molecular flexibility index (Phi) is 3.57. The van der Waals surface area contributed by atoms with Crippen molar-refractivity contribution in [3.05, 3.63) is 0 Å². The van der Waals surface area contributed by atoms with Crippen LogP contribution in [0, 0.1) is 11.8 Å². The third-order valence-corrected chi connectivity index (χ3v) is 4.86. The van der Waals surface area contributed by atoms with Crippen LogP contribution in [0.5, 0.6) is 0 Å². The van der Waals surface area contributed by atoms with Crippen molar-refractivity contribution < 1.29 is 9.53 Å². The number of fused-ring (bicyclic) bond motifs is 1. The molecule has 3 fully saturated rings. The van der Waals surface area contributed by atoms with Gasteiger partial charge in [0.1, 0.15) is 0 Å². The quantitative estimate of drug-likeness (QED) is 0.772. The van der Waals surface area contributed by atoms with Gasteiger partial charge in [-0.15, -0.1) is 0 Å². The monoisotopic (exact) mass is 252 g/mol. The molecule has 2 N–H and O–H groups in total. The van der Waals surface area contributed by atoms with Gasteiger partial charge in [-0.1, -0.05) is 6.42 Å². The fourth-order valence-electron chi connectivity index (χ4n) is 3.89. The normalized spacial score (nSPS) is 43.7. The van der Waals surface area contributed by atoms with Crippen LogP contribution in [0.2, 0.25) is 0 Å². The average Bonchev–Trinajstić information content (AvgIpc) is 2.89. The van der Waals surface area contributed by atoms with Crippen LogP contribution in [-0.2, 0) is 9.53 Å². The lowest BCUT2D eigenvalue weighted by Crippen LogP contribution is -2.49. The van der Waals surface area contributed by atoms with Gasteiger partial charge in [0.25, 0.3) is 0 Å². The van der Waals surface area contributed by atoms with Crippen molar-refractivity contribution in [3.8, 4) is 0 Å². The first-order valence-corrected chi connectivity index (χ1v) is 7.39. The van der Waals surface area contributed by atoms with Gasteiger partial charge in [0.15, 0.2) is 0 Å². The summed E-state index contributed by atoms with van der Waals surface area (Å²) in [7, 11) is 0. The summed E-state index contributed by atoms with van der Waals surface area (Å²) in [6.45, 7) is 3.89. The first-order chi connectivity index (χ1) is 8.74. The van der Waals surface area contributed by atoms with E-state index in [1.54, 1.807) is 0 Å². The van der Waals surface area contributed by atoms with Crippen LogP contribution in [0.15, 0.2) is 0 Å². The first kappa shape index (κ1) is 12.4. The van der Waals surface area contributed by atoms with Gasteiger partial charge in [0.05, 0.1) is 12.1 Å². The SMILES string of the molecule is CC1CC(NC(=O)C2NCC3CCCC32)CCO1. The molecule has 18 heavy (non-hydrogen) atoms. The Morgan fingerprint density at radius 3 is 3.06 bits per heavy atom. The molecule has 2 saturated heterocycles. The summed E-state index contributed by atoms with van der Waals surface area (Å²) < 4.78 is 5.52. The Balaban J connectivity index is 1.55. The van der Waals surface area contributed by atoms with E-state index in [1.807, 2.05) is 0 Å². The van der Waals surface area contributed by atoms with Crippen LogP contribution < -0.4 is 10.6 Å². The highest BCUT2D eigenvalue weighted by atomic mass is 16.5. The third-order valence-electron chi connectivity index (χ3n) is 4.86. The third kappa shape index (κ3) is 2.41. The standard InChI is InChI=1S/C14H24N2O2/c1-9-7-11(5-6-18-9)16-14(17)13-12-4-2-3-10(12)8-15-13/h9-13,15H,2-8H2,1H3,(H,16,17). The molecule has 5 atom stereocenters. The van der Waals surface area contributed by atoms with Crippen molar-refractivity contribution in [2.75, 3.05) is 13.2 Å². The van der Waals surface area contributed by atoms with Crippen LogP contribution in [0.3, 0.4) is 0 Å². The number of ether oxygens (including phenoxy) is 1. The first-order valence-electron chi connectivity index (χ1n) is 7.39. The van der Waals surface area contributed by atoms with Gasteiger partial charge in [-0.3, -0.25) is 4.79 Å².